The number of hydrogen-bond donors (Lipinski definition) is 0. The van der Waals surface area contributed by atoms with Crippen molar-refractivity contribution in [3.05, 3.63) is 76.7 Å². The maximum absolute atomic E-state index is 14.1. The molecule has 2 aromatic heterocycles. The van der Waals surface area contributed by atoms with Gasteiger partial charge in [-0.05, 0) is 56.6 Å². The number of ether oxygens (including phenoxy) is 2. The normalized spacial score (nSPS) is 19.0. The first-order valence-corrected chi connectivity index (χ1v) is 12.8. The van der Waals surface area contributed by atoms with Crippen molar-refractivity contribution >= 4 is 17.7 Å². The van der Waals surface area contributed by atoms with Crippen molar-refractivity contribution in [2.75, 3.05) is 26.3 Å². The molecule has 0 bridgehead atoms. The summed E-state index contributed by atoms with van der Waals surface area (Å²) in [5.41, 5.74) is 1.47. The van der Waals surface area contributed by atoms with Gasteiger partial charge in [-0.15, -0.1) is 10.2 Å². The van der Waals surface area contributed by atoms with Gasteiger partial charge in [0.2, 0.25) is 5.88 Å². The van der Waals surface area contributed by atoms with Crippen molar-refractivity contribution in [3.8, 4) is 5.88 Å². The SMILES string of the molecule is C=Cc1nnc(CN2CCC(c3cccc(OCc4ccc(Cl)cc4F)n3)CC2)n1CC1CCOC1. The highest BCUT2D eigenvalue weighted by atomic mass is 35.5. The van der Waals surface area contributed by atoms with Crippen LogP contribution in [0.2, 0.25) is 5.02 Å². The van der Waals surface area contributed by atoms with Crippen molar-refractivity contribution < 1.29 is 13.9 Å². The predicted octanol–water partition coefficient (Wildman–Crippen LogP) is 5.10. The molecule has 5 rings (SSSR count). The molecule has 3 aromatic rings. The summed E-state index contributed by atoms with van der Waals surface area (Å²) < 4.78 is 27.6. The number of hydrogen-bond acceptors (Lipinski definition) is 6. The Balaban J connectivity index is 1.16. The second-order valence-corrected chi connectivity index (χ2v) is 9.93. The van der Waals surface area contributed by atoms with Crippen molar-refractivity contribution in [1.82, 2.24) is 24.6 Å². The number of likely N-dealkylation sites (tertiary alicyclic amines) is 1. The molecule has 2 aliphatic heterocycles. The van der Waals surface area contributed by atoms with Crippen LogP contribution in [0, 0.1) is 11.7 Å². The van der Waals surface area contributed by atoms with Crippen LogP contribution in [0.4, 0.5) is 4.39 Å². The molecule has 0 aliphatic carbocycles. The van der Waals surface area contributed by atoms with E-state index in [1.54, 1.807) is 18.2 Å². The number of benzene rings is 1. The molecule has 0 spiro atoms. The number of rotatable bonds is 9. The van der Waals surface area contributed by atoms with Crippen molar-refractivity contribution in [2.45, 2.75) is 44.9 Å². The standard InChI is InChI=1S/C27H31ClFN5O2/c1-2-25-31-32-26(34(25)15-19-10-13-35-17-19)16-33-11-8-20(9-12-33)24-4-3-5-27(30-24)36-18-21-6-7-22(28)14-23(21)29/h2-7,14,19-20H,1,8-13,15-18H2. The lowest BCUT2D eigenvalue weighted by atomic mass is 9.93. The smallest absolute Gasteiger partial charge is 0.213 e. The Labute approximate surface area is 215 Å². The Bertz CT molecular complexity index is 1190. The third-order valence-electron chi connectivity index (χ3n) is 7.01. The minimum absolute atomic E-state index is 0.109. The molecule has 2 fully saturated rings. The van der Waals surface area contributed by atoms with E-state index in [9.17, 15) is 4.39 Å². The Kier molecular flexibility index (Phi) is 7.94. The first kappa shape index (κ1) is 24.9. The molecule has 0 N–H and O–H groups in total. The van der Waals surface area contributed by atoms with Gasteiger partial charge < -0.3 is 14.0 Å². The van der Waals surface area contributed by atoms with Gasteiger partial charge in [0.15, 0.2) is 5.82 Å². The molecule has 1 unspecified atom stereocenters. The van der Waals surface area contributed by atoms with Crippen LogP contribution in [0.25, 0.3) is 6.08 Å². The Morgan fingerprint density at radius 1 is 1.17 bits per heavy atom. The molecule has 36 heavy (non-hydrogen) atoms. The highest BCUT2D eigenvalue weighted by Crippen LogP contribution is 2.29. The third kappa shape index (κ3) is 5.94. The Morgan fingerprint density at radius 3 is 2.78 bits per heavy atom. The molecule has 190 valence electrons. The van der Waals surface area contributed by atoms with E-state index in [0.29, 0.717) is 28.3 Å². The van der Waals surface area contributed by atoms with Crippen LogP contribution in [0.1, 0.15) is 48.1 Å². The van der Waals surface area contributed by atoms with Gasteiger partial charge in [-0.25, -0.2) is 9.37 Å². The fourth-order valence-corrected chi connectivity index (χ4v) is 5.08. The lowest BCUT2D eigenvalue weighted by Crippen LogP contribution is -2.34. The number of piperidine rings is 1. The molecule has 1 aromatic carbocycles. The monoisotopic (exact) mass is 511 g/mol. The zero-order chi connectivity index (χ0) is 24.9. The predicted molar refractivity (Wildman–Crippen MR) is 136 cm³/mol. The summed E-state index contributed by atoms with van der Waals surface area (Å²) in [6.07, 6.45) is 4.85. The van der Waals surface area contributed by atoms with E-state index >= 15 is 0 Å². The topological polar surface area (TPSA) is 65.3 Å². The summed E-state index contributed by atoms with van der Waals surface area (Å²) in [7, 11) is 0. The quantitative estimate of drug-likeness (QED) is 0.398. The molecular formula is C27H31ClFN5O2. The van der Waals surface area contributed by atoms with E-state index in [1.807, 2.05) is 18.2 Å². The van der Waals surface area contributed by atoms with Crippen LogP contribution in [0.5, 0.6) is 5.88 Å². The third-order valence-corrected chi connectivity index (χ3v) is 7.25. The minimum atomic E-state index is -0.376. The molecule has 2 saturated heterocycles. The highest BCUT2D eigenvalue weighted by molar-refractivity contribution is 6.30. The van der Waals surface area contributed by atoms with E-state index < -0.39 is 0 Å². The maximum atomic E-state index is 14.1. The maximum Gasteiger partial charge on any atom is 0.213 e. The highest BCUT2D eigenvalue weighted by Gasteiger charge is 2.25. The van der Waals surface area contributed by atoms with Gasteiger partial charge >= 0.3 is 0 Å². The van der Waals surface area contributed by atoms with Crippen molar-refractivity contribution in [2.24, 2.45) is 5.92 Å². The van der Waals surface area contributed by atoms with Crippen LogP contribution in [-0.4, -0.2) is 51.0 Å². The van der Waals surface area contributed by atoms with E-state index in [1.165, 1.54) is 6.07 Å². The molecule has 0 amide bonds. The summed E-state index contributed by atoms with van der Waals surface area (Å²) in [4.78, 5) is 7.14. The van der Waals surface area contributed by atoms with Crippen molar-refractivity contribution in [3.63, 3.8) is 0 Å². The second kappa shape index (κ2) is 11.5. The Hall–Kier alpha value is -2.81. The van der Waals surface area contributed by atoms with Gasteiger partial charge in [0.1, 0.15) is 18.2 Å². The average molecular weight is 512 g/mol. The minimum Gasteiger partial charge on any atom is -0.473 e. The molecule has 0 saturated carbocycles. The summed E-state index contributed by atoms with van der Waals surface area (Å²) in [5, 5.41) is 9.17. The lowest BCUT2D eigenvalue weighted by molar-refractivity contribution is 0.179. The number of nitrogens with zero attached hydrogens (tertiary/aromatic N) is 5. The largest absolute Gasteiger partial charge is 0.473 e. The molecule has 1 atom stereocenters. The molecule has 9 heteroatoms. The van der Waals surface area contributed by atoms with Crippen LogP contribution in [-0.2, 0) is 24.4 Å². The molecule has 2 aliphatic rings. The summed E-state index contributed by atoms with van der Waals surface area (Å²) in [5.74, 6) is 2.80. The van der Waals surface area contributed by atoms with Gasteiger partial charge in [0.25, 0.3) is 0 Å². The zero-order valence-electron chi connectivity index (χ0n) is 20.3. The van der Waals surface area contributed by atoms with Gasteiger partial charge in [-0.3, -0.25) is 4.90 Å². The fourth-order valence-electron chi connectivity index (χ4n) is 4.92. The van der Waals surface area contributed by atoms with E-state index in [2.05, 4.69) is 26.2 Å². The molecule has 4 heterocycles. The summed E-state index contributed by atoms with van der Waals surface area (Å²) in [6, 6.07) is 10.4. The van der Waals surface area contributed by atoms with Crippen molar-refractivity contribution in [1.29, 1.82) is 0 Å². The Morgan fingerprint density at radius 2 is 2.03 bits per heavy atom. The first-order valence-electron chi connectivity index (χ1n) is 12.5. The fraction of sp³-hybridized carbons (Fsp3) is 0.444. The van der Waals surface area contributed by atoms with Crippen LogP contribution < -0.4 is 4.74 Å². The van der Waals surface area contributed by atoms with E-state index in [0.717, 1.165) is 76.0 Å². The van der Waals surface area contributed by atoms with Gasteiger partial charge in [-0.2, -0.15) is 0 Å². The summed E-state index contributed by atoms with van der Waals surface area (Å²) in [6.45, 7) is 9.19. The number of halogens is 2. The second-order valence-electron chi connectivity index (χ2n) is 9.49. The van der Waals surface area contributed by atoms with Gasteiger partial charge in [0.05, 0.1) is 13.2 Å². The van der Waals surface area contributed by atoms with Crippen LogP contribution in [0.3, 0.4) is 0 Å². The number of pyridine rings is 1. The molecule has 0 radical (unpaired) electrons. The van der Waals surface area contributed by atoms with E-state index in [4.69, 9.17) is 26.1 Å². The molecule has 7 nitrogen and oxygen atoms in total. The van der Waals surface area contributed by atoms with E-state index in [-0.39, 0.29) is 12.4 Å². The zero-order valence-corrected chi connectivity index (χ0v) is 21.0. The first-order chi connectivity index (χ1) is 17.6. The van der Waals surface area contributed by atoms with Crippen LogP contribution >= 0.6 is 11.6 Å². The van der Waals surface area contributed by atoms with Gasteiger partial charge in [-0.1, -0.05) is 30.3 Å². The molecular weight excluding hydrogens is 481 g/mol. The van der Waals surface area contributed by atoms with Gasteiger partial charge in [0, 0.05) is 47.3 Å². The lowest BCUT2D eigenvalue weighted by Gasteiger charge is -2.31. The van der Waals surface area contributed by atoms with Crippen LogP contribution in [0.15, 0.2) is 43.0 Å². The number of aromatic nitrogens is 4. The average Bonchev–Trinajstić information content (AvgIpc) is 3.54. The summed E-state index contributed by atoms with van der Waals surface area (Å²) >= 11 is 5.83.